The second-order valence-corrected chi connectivity index (χ2v) is 6.98. The van der Waals surface area contributed by atoms with Crippen molar-refractivity contribution < 1.29 is 18.4 Å². The number of carbonyl (C=O) groups excluding carboxylic acids is 2. The molecule has 2 bridgehead atoms. The number of amides is 2. The topological polar surface area (TPSA) is 66.4 Å². The van der Waals surface area contributed by atoms with E-state index in [9.17, 15) is 18.4 Å². The number of nitrogens with zero attached hydrogens (tertiary/aromatic N) is 4. The number of halogens is 2. The van der Waals surface area contributed by atoms with Crippen molar-refractivity contribution in [2.24, 2.45) is 5.92 Å². The minimum Gasteiger partial charge on any atom is -0.336 e. The van der Waals surface area contributed by atoms with E-state index in [4.69, 9.17) is 0 Å². The van der Waals surface area contributed by atoms with Crippen molar-refractivity contribution in [3.05, 3.63) is 59.7 Å². The lowest BCUT2D eigenvalue weighted by molar-refractivity contribution is 0.0563. The summed E-state index contributed by atoms with van der Waals surface area (Å²) < 4.78 is 27.1. The normalized spacial score (nSPS) is 21.9. The molecule has 2 amide bonds. The summed E-state index contributed by atoms with van der Waals surface area (Å²) in [5, 5.41) is 0. The molecule has 3 fully saturated rings. The Morgan fingerprint density at radius 3 is 2.56 bits per heavy atom. The minimum absolute atomic E-state index is 0.102. The summed E-state index contributed by atoms with van der Waals surface area (Å²) in [6.07, 6.45) is 5.61. The number of pyridine rings is 2. The van der Waals surface area contributed by atoms with Crippen molar-refractivity contribution in [2.75, 3.05) is 19.6 Å². The van der Waals surface area contributed by atoms with Gasteiger partial charge in [-0.3, -0.25) is 14.6 Å². The number of fused-ring (bicyclic) bond motifs is 4. The summed E-state index contributed by atoms with van der Waals surface area (Å²) in [5.41, 5.74) is 0.173. The molecule has 0 aromatic carbocycles. The third-order valence-electron chi connectivity index (χ3n) is 5.20. The molecule has 2 aromatic rings. The molecular weight excluding hydrogens is 354 g/mol. The van der Waals surface area contributed by atoms with Crippen molar-refractivity contribution in [3.63, 3.8) is 0 Å². The van der Waals surface area contributed by atoms with E-state index in [0.717, 1.165) is 19.0 Å². The lowest BCUT2D eigenvalue weighted by atomic mass is 9.94. The maximum absolute atomic E-state index is 14.0. The van der Waals surface area contributed by atoms with Gasteiger partial charge in [-0.05, 0) is 30.9 Å². The van der Waals surface area contributed by atoms with Gasteiger partial charge >= 0.3 is 0 Å². The van der Waals surface area contributed by atoms with Gasteiger partial charge in [0.2, 0.25) is 0 Å². The number of hydrogen-bond acceptors (Lipinski definition) is 4. The Morgan fingerprint density at radius 1 is 1.04 bits per heavy atom. The first kappa shape index (κ1) is 17.5. The molecule has 2 aromatic heterocycles. The summed E-state index contributed by atoms with van der Waals surface area (Å²) in [4.78, 5) is 36.5. The van der Waals surface area contributed by atoms with Gasteiger partial charge in [-0.15, -0.1) is 0 Å². The predicted molar refractivity (Wildman–Crippen MR) is 91.8 cm³/mol. The maximum atomic E-state index is 14.0. The minimum atomic E-state index is -0.968. The van der Waals surface area contributed by atoms with Crippen LogP contribution < -0.4 is 0 Å². The van der Waals surface area contributed by atoms with Crippen LogP contribution in [0.15, 0.2) is 36.8 Å². The van der Waals surface area contributed by atoms with Gasteiger partial charge in [0.15, 0.2) is 11.5 Å². The Kier molecular flexibility index (Phi) is 4.55. The maximum Gasteiger partial charge on any atom is 0.275 e. The fraction of sp³-hybridized carbons (Fsp3) is 0.368. The second kappa shape index (κ2) is 7.02. The van der Waals surface area contributed by atoms with Crippen LogP contribution in [0.4, 0.5) is 8.78 Å². The highest BCUT2D eigenvalue weighted by molar-refractivity contribution is 5.95. The SMILES string of the molecule is O=C(c1ccncc1)N1C[C@@H]2CC[C@H](C1)N(C(=O)c1ncc(F)cc1F)C2. The molecule has 0 N–H and O–H groups in total. The lowest BCUT2D eigenvalue weighted by Gasteiger charge is -2.35. The molecule has 6 nitrogen and oxygen atoms in total. The molecule has 0 spiro atoms. The van der Waals surface area contributed by atoms with Gasteiger partial charge in [0, 0.05) is 49.7 Å². The highest BCUT2D eigenvalue weighted by Gasteiger charge is 2.40. The highest BCUT2D eigenvalue weighted by Crippen LogP contribution is 2.30. The molecule has 2 atom stereocenters. The van der Waals surface area contributed by atoms with Crippen LogP contribution in [0.1, 0.15) is 33.7 Å². The van der Waals surface area contributed by atoms with Crippen LogP contribution in [0.5, 0.6) is 0 Å². The van der Waals surface area contributed by atoms with E-state index in [1.54, 1.807) is 34.3 Å². The summed E-state index contributed by atoms with van der Waals surface area (Å²) in [5.74, 6) is -2.34. The smallest absolute Gasteiger partial charge is 0.275 e. The van der Waals surface area contributed by atoms with Gasteiger partial charge in [-0.1, -0.05) is 0 Å². The Bertz CT molecular complexity index is 877. The molecule has 5 rings (SSSR count). The average Bonchev–Trinajstić information content (AvgIpc) is 2.99. The Labute approximate surface area is 154 Å². The molecule has 5 heterocycles. The van der Waals surface area contributed by atoms with Gasteiger partial charge < -0.3 is 9.80 Å². The van der Waals surface area contributed by atoms with Crippen molar-refractivity contribution in [1.82, 2.24) is 19.8 Å². The zero-order chi connectivity index (χ0) is 19.0. The first-order valence-electron chi connectivity index (χ1n) is 8.84. The average molecular weight is 372 g/mol. The fourth-order valence-electron chi connectivity index (χ4n) is 3.88. The number of rotatable bonds is 2. The molecule has 0 radical (unpaired) electrons. The van der Waals surface area contributed by atoms with Gasteiger partial charge in [-0.2, -0.15) is 0 Å². The van der Waals surface area contributed by atoms with Crippen LogP contribution >= 0.6 is 0 Å². The first-order chi connectivity index (χ1) is 13.0. The molecule has 0 aliphatic carbocycles. The molecule has 27 heavy (non-hydrogen) atoms. The first-order valence-corrected chi connectivity index (χ1v) is 8.84. The van der Waals surface area contributed by atoms with E-state index < -0.39 is 17.5 Å². The molecule has 3 aliphatic heterocycles. The zero-order valence-corrected chi connectivity index (χ0v) is 14.5. The standard InChI is InChI=1S/C19H18F2N4O2/c20-14-7-16(21)17(23-8-14)19(27)25-10-12-1-2-15(25)11-24(9-12)18(26)13-3-5-22-6-4-13/h3-8,12,15H,1-2,9-11H2/t12-,15+/m0/s1. The van der Waals surface area contributed by atoms with E-state index >= 15 is 0 Å². The van der Waals surface area contributed by atoms with Crippen LogP contribution in [0, 0.1) is 17.6 Å². The van der Waals surface area contributed by atoms with Crippen LogP contribution in [0.2, 0.25) is 0 Å². The third-order valence-corrected chi connectivity index (χ3v) is 5.20. The van der Waals surface area contributed by atoms with E-state index in [1.165, 1.54) is 0 Å². The van der Waals surface area contributed by atoms with E-state index in [1.807, 2.05) is 0 Å². The number of aromatic nitrogens is 2. The van der Waals surface area contributed by atoms with Gasteiger partial charge in [0.1, 0.15) is 5.82 Å². The molecule has 3 aliphatic rings. The van der Waals surface area contributed by atoms with Crippen molar-refractivity contribution >= 4 is 11.8 Å². The summed E-state index contributed by atoms with van der Waals surface area (Å²) in [6.45, 7) is 1.36. The molecule has 140 valence electrons. The molecular formula is C19H18F2N4O2. The van der Waals surface area contributed by atoms with E-state index in [-0.39, 0.29) is 23.6 Å². The zero-order valence-electron chi connectivity index (χ0n) is 14.5. The Balaban J connectivity index is 1.56. The number of piperidine rings is 1. The third kappa shape index (κ3) is 3.39. The summed E-state index contributed by atoms with van der Waals surface area (Å²) >= 11 is 0. The monoisotopic (exact) mass is 372 g/mol. The van der Waals surface area contributed by atoms with Crippen LogP contribution in [-0.4, -0.2) is 57.3 Å². The lowest BCUT2D eigenvalue weighted by Crippen LogP contribution is -2.48. The highest BCUT2D eigenvalue weighted by atomic mass is 19.1. The number of hydrogen-bond donors (Lipinski definition) is 0. The van der Waals surface area contributed by atoms with Gasteiger partial charge in [-0.25, -0.2) is 13.8 Å². The molecule has 0 saturated carbocycles. The van der Waals surface area contributed by atoms with Crippen molar-refractivity contribution in [3.8, 4) is 0 Å². The molecule has 8 heteroatoms. The summed E-state index contributed by atoms with van der Waals surface area (Å²) in [6, 6.07) is 3.77. The van der Waals surface area contributed by atoms with Gasteiger partial charge in [0.05, 0.1) is 6.20 Å². The van der Waals surface area contributed by atoms with Crippen molar-refractivity contribution in [1.29, 1.82) is 0 Å². The van der Waals surface area contributed by atoms with Crippen LogP contribution in [0.25, 0.3) is 0 Å². The quantitative estimate of drug-likeness (QED) is 0.810. The molecule has 3 saturated heterocycles. The van der Waals surface area contributed by atoms with E-state index in [2.05, 4.69) is 9.97 Å². The van der Waals surface area contributed by atoms with E-state index in [0.29, 0.717) is 31.3 Å². The Morgan fingerprint density at radius 2 is 1.81 bits per heavy atom. The summed E-state index contributed by atoms with van der Waals surface area (Å²) in [7, 11) is 0. The Hall–Kier alpha value is -2.90. The van der Waals surface area contributed by atoms with Crippen LogP contribution in [0.3, 0.4) is 0 Å². The van der Waals surface area contributed by atoms with Crippen LogP contribution in [-0.2, 0) is 0 Å². The second-order valence-electron chi connectivity index (χ2n) is 6.98. The largest absolute Gasteiger partial charge is 0.336 e. The fourth-order valence-corrected chi connectivity index (χ4v) is 3.88. The number of carbonyl (C=O) groups is 2. The molecule has 0 unspecified atom stereocenters. The predicted octanol–water partition coefficient (Wildman–Crippen LogP) is 2.13. The van der Waals surface area contributed by atoms with Gasteiger partial charge in [0.25, 0.3) is 11.8 Å². The van der Waals surface area contributed by atoms with Crippen molar-refractivity contribution in [2.45, 2.75) is 18.9 Å².